The summed E-state index contributed by atoms with van der Waals surface area (Å²) in [5, 5.41) is 2.46. The lowest BCUT2D eigenvalue weighted by Crippen LogP contribution is -2.38. The van der Waals surface area contributed by atoms with Crippen molar-refractivity contribution < 1.29 is 4.79 Å². The highest BCUT2D eigenvalue weighted by Gasteiger charge is 2.15. The maximum atomic E-state index is 12.2. The Labute approximate surface area is 158 Å². The van der Waals surface area contributed by atoms with E-state index < -0.39 is 5.91 Å². The molecule has 0 saturated heterocycles. The van der Waals surface area contributed by atoms with Crippen molar-refractivity contribution in [2.24, 2.45) is 10.7 Å². The Morgan fingerprint density at radius 2 is 1.89 bits per heavy atom. The predicted octanol–water partition coefficient (Wildman–Crippen LogP) is 1.66. The van der Waals surface area contributed by atoms with E-state index in [0.717, 1.165) is 24.8 Å². The summed E-state index contributed by atoms with van der Waals surface area (Å²) in [7, 11) is 0. The first-order valence-corrected chi connectivity index (χ1v) is 8.63. The second-order valence-electron chi connectivity index (χ2n) is 6.05. The van der Waals surface area contributed by atoms with Crippen LogP contribution in [-0.2, 0) is 6.42 Å². The molecule has 0 fully saturated rings. The lowest BCUT2D eigenvalue weighted by molar-refractivity contribution is 0.0972. The minimum absolute atomic E-state index is 0.0195. The molecule has 0 aliphatic heterocycles. The van der Waals surface area contributed by atoms with Crippen LogP contribution in [0.1, 0.15) is 40.2 Å². The van der Waals surface area contributed by atoms with E-state index in [1.54, 1.807) is 6.92 Å². The van der Waals surface area contributed by atoms with Crippen LogP contribution in [0.2, 0.25) is 0 Å². The molecule has 1 amide bonds. The summed E-state index contributed by atoms with van der Waals surface area (Å²) >= 11 is 0. The fourth-order valence-electron chi connectivity index (χ4n) is 2.39. The Balaban J connectivity index is 1.79. The monoisotopic (exact) mass is 367 g/mol. The number of unbranched alkanes of at least 4 members (excludes halogenated alkanes) is 1. The molecule has 0 spiro atoms. The highest BCUT2D eigenvalue weighted by atomic mass is 16.2. The third-order valence-corrected chi connectivity index (χ3v) is 3.96. The normalized spacial score (nSPS) is 11.2. The quantitative estimate of drug-likeness (QED) is 0.333. The van der Waals surface area contributed by atoms with Crippen molar-refractivity contribution in [2.45, 2.75) is 26.2 Å². The average Bonchev–Trinajstić information content (AvgIpc) is 2.64. The van der Waals surface area contributed by atoms with Crippen LogP contribution in [0.25, 0.3) is 6.08 Å². The van der Waals surface area contributed by atoms with E-state index in [2.05, 4.69) is 39.0 Å². The van der Waals surface area contributed by atoms with Crippen molar-refractivity contribution in [2.75, 3.05) is 18.0 Å². The molecule has 7 N–H and O–H groups in total. The molecule has 1 aromatic heterocycles. The zero-order valence-corrected chi connectivity index (χ0v) is 15.4. The Hall–Kier alpha value is -3.42. The van der Waals surface area contributed by atoms with Crippen LogP contribution in [0.4, 0.5) is 11.6 Å². The minimum atomic E-state index is -0.563. The number of nitrogens with zero attached hydrogens (tertiary/aromatic N) is 3. The summed E-state index contributed by atoms with van der Waals surface area (Å²) in [6.07, 6.45) is 4.59. The molecule has 0 aliphatic rings. The van der Waals surface area contributed by atoms with E-state index >= 15 is 0 Å². The molecule has 0 radical (unpaired) electrons. The molecule has 0 atom stereocenters. The van der Waals surface area contributed by atoms with Crippen molar-refractivity contribution in [3.8, 4) is 0 Å². The van der Waals surface area contributed by atoms with Gasteiger partial charge >= 0.3 is 0 Å². The number of carbonyl (C=O) groups is 1. The Kier molecular flexibility index (Phi) is 6.87. The van der Waals surface area contributed by atoms with E-state index in [9.17, 15) is 4.79 Å². The van der Waals surface area contributed by atoms with Gasteiger partial charge in [0.2, 0.25) is 0 Å². The maximum absolute atomic E-state index is 12.2. The number of hydrogen-bond donors (Lipinski definition) is 4. The summed E-state index contributed by atoms with van der Waals surface area (Å²) in [4.78, 5) is 24.2. The van der Waals surface area contributed by atoms with E-state index in [0.29, 0.717) is 12.2 Å². The van der Waals surface area contributed by atoms with Crippen LogP contribution < -0.4 is 22.5 Å². The summed E-state index contributed by atoms with van der Waals surface area (Å²) in [6.45, 7) is 5.89. The van der Waals surface area contributed by atoms with Crippen molar-refractivity contribution in [3.63, 3.8) is 0 Å². The number of guanidine groups is 1. The van der Waals surface area contributed by atoms with Gasteiger partial charge in [-0.15, -0.1) is 0 Å². The van der Waals surface area contributed by atoms with E-state index in [1.165, 1.54) is 5.56 Å². The maximum Gasteiger partial charge on any atom is 0.280 e. The molecule has 2 rings (SSSR count). The molecule has 27 heavy (non-hydrogen) atoms. The molecule has 0 unspecified atom stereocenters. The van der Waals surface area contributed by atoms with Gasteiger partial charge < -0.3 is 17.2 Å². The number of benzene rings is 1. The number of amides is 1. The van der Waals surface area contributed by atoms with Crippen LogP contribution >= 0.6 is 0 Å². The van der Waals surface area contributed by atoms with Gasteiger partial charge in [0.25, 0.3) is 5.91 Å². The SMILES string of the molecule is C=Cc1ccc(CCCCN=C(N)NC(=O)c2nc(C)c(N)nc2N)cc1. The fraction of sp³-hybridized carbons (Fsp3) is 0.263. The molecule has 2 aromatic rings. The van der Waals surface area contributed by atoms with Gasteiger partial charge in [0, 0.05) is 6.54 Å². The van der Waals surface area contributed by atoms with Crippen molar-refractivity contribution in [3.05, 3.63) is 53.4 Å². The first-order valence-electron chi connectivity index (χ1n) is 8.63. The number of hydrogen-bond acceptors (Lipinski definition) is 6. The molecule has 142 valence electrons. The second-order valence-corrected chi connectivity index (χ2v) is 6.05. The number of anilines is 2. The number of aliphatic imine (C=N–C) groups is 1. The third kappa shape index (κ3) is 5.81. The molecule has 0 aliphatic carbocycles. The van der Waals surface area contributed by atoms with E-state index in [4.69, 9.17) is 17.2 Å². The summed E-state index contributed by atoms with van der Waals surface area (Å²) < 4.78 is 0. The zero-order chi connectivity index (χ0) is 19.8. The molecule has 8 nitrogen and oxygen atoms in total. The van der Waals surface area contributed by atoms with Crippen LogP contribution in [0, 0.1) is 6.92 Å². The number of nitrogens with one attached hydrogen (secondary N) is 1. The van der Waals surface area contributed by atoms with Gasteiger partial charge in [-0.2, -0.15) is 0 Å². The first kappa shape index (κ1) is 19.9. The third-order valence-electron chi connectivity index (χ3n) is 3.96. The second kappa shape index (κ2) is 9.33. The number of nitrogen functional groups attached to an aromatic ring is 2. The standard InChI is InChI=1S/C19H25N7O/c1-3-13-7-9-14(10-8-13)6-4-5-11-23-19(22)26-18(27)15-17(21)25-16(20)12(2)24-15/h3,7-10H,1,4-6,11H2,2H3,(H4,20,21,25)(H3,22,23,26,27). The van der Waals surface area contributed by atoms with Crippen molar-refractivity contribution in [1.82, 2.24) is 15.3 Å². The summed E-state index contributed by atoms with van der Waals surface area (Å²) in [5.41, 5.74) is 19.8. The van der Waals surface area contributed by atoms with Crippen molar-refractivity contribution in [1.29, 1.82) is 0 Å². The smallest absolute Gasteiger partial charge is 0.280 e. The molecule has 8 heteroatoms. The lowest BCUT2D eigenvalue weighted by Gasteiger charge is -2.08. The Bertz CT molecular complexity index is 844. The number of rotatable bonds is 7. The Morgan fingerprint density at radius 1 is 1.19 bits per heavy atom. The molecule has 1 heterocycles. The topological polar surface area (TPSA) is 145 Å². The van der Waals surface area contributed by atoms with Gasteiger partial charge in [0.05, 0.1) is 5.69 Å². The molecule has 0 saturated carbocycles. The Morgan fingerprint density at radius 3 is 2.56 bits per heavy atom. The lowest BCUT2D eigenvalue weighted by atomic mass is 10.1. The number of carbonyl (C=O) groups excluding carboxylic acids is 1. The molecular weight excluding hydrogens is 342 g/mol. The predicted molar refractivity (Wildman–Crippen MR) is 109 cm³/mol. The van der Waals surface area contributed by atoms with Gasteiger partial charge in [-0.1, -0.05) is 36.9 Å². The van der Waals surface area contributed by atoms with Gasteiger partial charge in [-0.25, -0.2) is 9.97 Å². The van der Waals surface area contributed by atoms with Crippen LogP contribution in [0.5, 0.6) is 0 Å². The average molecular weight is 367 g/mol. The van der Waals surface area contributed by atoms with Crippen molar-refractivity contribution >= 4 is 29.6 Å². The van der Waals surface area contributed by atoms with Gasteiger partial charge in [0.15, 0.2) is 17.5 Å². The minimum Gasteiger partial charge on any atom is -0.382 e. The van der Waals surface area contributed by atoms with Crippen LogP contribution in [0.15, 0.2) is 35.8 Å². The van der Waals surface area contributed by atoms with E-state index in [-0.39, 0.29) is 23.3 Å². The summed E-state index contributed by atoms with van der Waals surface area (Å²) in [5.74, 6) is -0.409. The number of nitrogens with two attached hydrogens (primary N) is 3. The number of aryl methyl sites for hydroxylation is 2. The van der Waals surface area contributed by atoms with Gasteiger partial charge in [0.1, 0.15) is 5.82 Å². The van der Waals surface area contributed by atoms with Crippen LogP contribution in [-0.4, -0.2) is 28.4 Å². The highest BCUT2D eigenvalue weighted by Crippen LogP contribution is 2.11. The fourth-order valence-corrected chi connectivity index (χ4v) is 2.39. The van der Waals surface area contributed by atoms with Gasteiger partial charge in [-0.05, 0) is 37.3 Å². The molecule has 0 bridgehead atoms. The largest absolute Gasteiger partial charge is 0.382 e. The summed E-state index contributed by atoms with van der Waals surface area (Å²) in [6, 6.07) is 8.27. The molecule has 1 aromatic carbocycles. The molecular formula is C19H25N7O. The van der Waals surface area contributed by atoms with Crippen LogP contribution in [0.3, 0.4) is 0 Å². The first-order chi connectivity index (χ1) is 12.9. The van der Waals surface area contributed by atoms with E-state index in [1.807, 2.05) is 18.2 Å². The van der Waals surface area contributed by atoms with Gasteiger partial charge in [-0.3, -0.25) is 15.1 Å². The number of aromatic nitrogens is 2. The zero-order valence-electron chi connectivity index (χ0n) is 15.4. The highest BCUT2D eigenvalue weighted by molar-refractivity contribution is 6.06.